The third-order valence-electron chi connectivity index (χ3n) is 7.80. The molecule has 0 amide bonds. The minimum absolute atomic E-state index is 0.00143. The number of halogens is 3. The molecule has 2 aromatic rings. The normalized spacial score (nSPS) is 23.6. The standard InChI is InChI=1S/C31H37F3O4/c1-3-5-18-37-24-14-15-25(28(32)19-24)20-8-12-23(13-9-20)38-31(35)27-17-16-26(29(33)30(27)34)21-6-10-22(11-7-21)36-4-2/h3,14-17,19-23H,1,4-13,18H2,2H3. The highest BCUT2D eigenvalue weighted by Crippen LogP contribution is 2.38. The summed E-state index contributed by atoms with van der Waals surface area (Å²) in [5, 5.41) is 0. The number of benzene rings is 2. The molecule has 2 aliphatic rings. The van der Waals surface area contributed by atoms with Gasteiger partial charge in [-0.15, -0.1) is 6.58 Å². The van der Waals surface area contributed by atoms with Crippen LogP contribution in [-0.2, 0) is 9.47 Å². The van der Waals surface area contributed by atoms with Crippen molar-refractivity contribution in [2.75, 3.05) is 13.2 Å². The zero-order valence-corrected chi connectivity index (χ0v) is 22.0. The van der Waals surface area contributed by atoms with E-state index >= 15 is 0 Å². The molecule has 0 aliphatic heterocycles. The first kappa shape index (κ1) is 28.2. The zero-order chi connectivity index (χ0) is 27.1. The molecule has 0 atom stereocenters. The molecule has 0 N–H and O–H groups in total. The largest absolute Gasteiger partial charge is 0.493 e. The van der Waals surface area contributed by atoms with Crippen molar-refractivity contribution in [2.45, 2.75) is 88.8 Å². The number of carbonyl (C=O) groups excluding carboxylic acids is 1. The second kappa shape index (κ2) is 13.3. The summed E-state index contributed by atoms with van der Waals surface area (Å²) in [4.78, 5) is 12.7. The Balaban J connectivity index is 1.31. The fourth-order valence-electron chi connectivity index (χ4n) is 5.71. The molecule has 2 aromatic carbocycles. The maximum Gasteiger partial charge on any atom is 0.341 e. The molecule has 4 nitrogen and oxygen atoms in total. The van der Waals surface area contributed by atoms with Crippen LogP contribution >= 0.6 is 0 Å². The number of esters is 1. The minimum atomic E-state index is -1.15. The van der Waals surface area contributed by atoms with E-state index in [9.17, 15) is 18.0 Å². The van der Waals surface area contributed by atoms with E-state index < -0.39 is 23.7 Å². The van der Waals surface area contributed by atoms with E-state index in [2.05, 4.69) is 6.58 Å². The smallest absolute Gasteiger partial charge is 0.341 e. The van der Waals surface area contributed by atoms with Crippen molar-refractivity contribution in [3.63, 3.8) is 0 Å². The van der Waals surface area contributed by atoms with Gasteiger partial charge in [0, 0.05) is 12.7 Å². The average Bonchev–Trinajstić information content (AvgIpc) is 2.92. The molecule has 38 heavy (non-hydrogen) atoms. The SMILES string of the molecule is C=CCCOc1ccc(C2CCC(OC(=O)c3ccc(C4CCC(OCC)CC4)c(F)c3F)CC2)c(F)c1. The summed E-state index contributed by atoms with van der Waals surface area (Å²) < 4.78 is 61.3. The van der Waals surface area contributed by atoms with Gasteiger partial charge in [0.05, 0.1) is 18.3 Å². The van der Waals surface area contributed by atoms with E-state index in [1.54, 1.807) is 18.2 Å². The first-order valence-electron chi connectivity index (χ1n) is 13.7. The van der Waals surface area contributed by atoms with E-state index in [1.165, 1.54) is 18.2 Å². The first-order chi connectivity index (χ1) is 18.4. The molecular weight excluding hydrogens is 493 g/mol. The summed E-state index contributed by atoms with van der Waals surface area (Å²) in [6.45, 7) is 6.68. The van der Waals surface area contributed by atoms with Crippen molar-refractivity contribution in [1.82, 2.24) is 0 Å². The van der Waals surface area contributed by atoms with Crippen molar-refractivity contribution in [3.05, 3.63) is 77.1 Å². The molecule has 0 bridgehead atoms. The topological polar surface area (TPSA) is 44.8 Å². The van der Waals surface area contributed by atoms with Gasteiger partial charge in [0.25, 0.3) is 0 Å². The number of ether oxygens (including phenoxy) is 3. The van der Waals surface area contributed by atoms with Crippen LogP contribution in [0.25, 0.3) is 0 Å². The van der Waals surface area contributed by atoms with Crippen molar-refractivity contribution in [1.29, 1.82) is 0 Å². The summed E-state index contributed by atoms with van der Waals surface area (Å²) in [7, 11) is 0. The van der Waals surface area contributed by atoms with Crippen LogP contribution in [0.4, 0.5) is 13.2 Å². The van der Waals surface area contributed by atoms with E-state index in [0.29, 0.717) is 62.2 Å². The summed E-state index contributed by atoms with van der Waals surface area (Å²) in [5.41, 5.74) is 0.549. The minimum Gasteiger partial charge on any atom is -0.493 e. The Morgan fingerprint density at radius 1 is 0.895 bits per heavy atom. The number of rotatable bonds is 10. The first-order valence-corrected chi connectivity index (χ1v) is 13.7. The molecule has 0 saturated heterocycles. The average molecular weight is 531 g/mol. The Bertz CT molecular complexity index is 1100. The summed E-state index contributed by atoms with van der Waals surface area (Å²) in [6, 6.07) is 7.77. The van der Waals surface area contributed by atoms with Crippen molar-refractivity contribution >= 4 is 5.97 Å². The predicted octanol–water partition coefficient (Wildman–Crippen LogP) is 8.00. The summed E-state index contributed by atoms with van der Waals surface area (Å²) in [6.07, 6.45) is 7.56. The van der Waals surface area contributed by atoms with Gasteiger partial charge in [-0.1, -0.05) is 18.2 Å². The lowest BCUT2D eigenvalue weighted by Crippen LogP contribution is -2.25. The molecule has 2 saturated carbocycles. The fourth-order valence-corrected chi connectivity index (χ4v) is 5.71. The van der Waals surface area contributed by atoms with Crippen molar-refractivity contribution in [3.8, 4) is 5.75 Å². The van der Waals surface area contributed by atoms with Crippen molar-refractivity contribution in [2.24, 2.45) is 0 Å². The van der Waals surface area contributed by atoms with Crippen LogP contribution in [0.3, 0.4) is 0 Å². The van der Waals surface area contributed by atoms with E-state index in [1.807, 2.05) is 6.92 Å². The lowest BCUT2D eigenvalue weighted by Gasteiger charge is -2.29. The number of hydrogen-bond donors (Lipinski definition) is 0. The Morgan fingerprint density at radius 2 is 1.53 bits per heavy atom. The highest BCUT2D eigenvalue weighted by molar-refractivity contribution is 5.90. The highest BCUT2D eigenvalue weighted by atomic mass is 19.2. The summed E-state index contributed by atoms with van der Waals surface area (Å²) >= 11 is 0. The third-order valence-corrected chi connectivity index (χ3v) is 7.80. The van der Waals surface area contributed by atoms with Crippen LogP contribution in [-0.4, -0.2) is 31.4 Å². The molecule has 0 radical (unpaired) electrons. The maximum atomic E-state index is 15.0. The highest BCUT2D eigenvalue weighted by Gasteiger charge is 2.30. The molecule has 2 aliphatic carbocycles. The molecule has 0 spiro atoms. The monoisotopic (exact) mass is 530 g/mol. The van der Waals surface area contributed by atoms with Gasteiger partial charge in [-0.2, -0.15) is 0 Å². The van der Waals surface area contributed by atoms with Crippen LogP contribution in [0, 0.1) is 17.5 Å². The molecule has 206 valence electrons. The lowest BCUT2D eigenvalue weighted by molar-refractivity contribution is 0.0188. The van der Waals surface area contributed by atoms with Gasteiger partial charge in [0.1, 0.15) is 17.7 Å². The van der Waals surface area contributed by atoms with Crippen LogP contribution in [0.1, 0.15) is 98.0 Å². The Morgan fingerprint density at radius 3 is 2.16 bits per heavy atom. The van der Waals surface area contributed by atoms with Crippen LogP contribution < -0.4 is 4.74 Å². The molecular formula is C31H37F3O4. The molecule has 2 fully saturated rings. The van der Waals surface area contributed by atoms with E-state index in [-0.39, 0.29) is 29.3 Å². The molecule has 0 unspecified atom stereocenters. The molecule has 0 aromatic heterocycles. The van der Waals surface area contributed by atoms with Crippen LogP contribution in [0.5, 0.6) is 5.75 Å². The quantitative estimate of drug-likeness (QED) is 0.177. The second-order valence-electron chi connectivity index (χ2n) is 10.2. The van der Waals surface area contributed by atoms with Crippen molar-refractivity contribution < 1.29 is 32.2 Å². The molecule has 4 rings (SSSR count). The Labute approximate surface area is 223 Å². The summed E-state index contributed by atoms with van der Waals surface area (Å²) in [5.74, 6) is -2.89. The van der Waals surface area contributed by atoms with Gasteiger partial charge in [-0.25, -0.2) is 18.0 Å². The van der Waals surface area contributed by atoms with Crippen LogP contribution in [0.2, 0.25) is 0 Å². The van der Waals surface area contributed by atoms with Gasteiger partial charge in [-0.3, -0.25) is 0 Å². The zero-order valence-electron chi connectivity index (χ0n) is 22.0. The molecule has 7 heteroatoms. The molecule has 0 heterocycles. The van der Waals surface area contributed by atoms with E-state index in [4.69, 9.17) is 14.2 Å². The van der Waals surface area contributed by atoms with Gasteiger partial charge >= 0.3 is 5.97 Å². The van der Waals surface area contributed by atoms with E-state index in [0.717, 1.165) is 25.7 Å². The van der Waals surface area contributed by atoms with Gasteiger partial charge in [0.2, 0.25) is 0 Å². The predicted molar refractivity (Wildman–Crippen MR) is 140 cm³/mol. The van der Waals surface area contributed by atoms with Gasteiger partial charge < -0.3 is 14.2 Å². The Hall–Kier alpha value is -2.80. The second-order valence-corrected chi connectivity index (χ2v) is 10.2. The van der Waals surface area contributed by atoms with Crippen LogP contribution in [0.15, 0.2) is 43.0 Å². The third kappa shape index (κ3) is 6.79. The van der Waals surface area contributed by atoms with Gasteiger partial charge in [0.15, 0.2) is 11.6 Å². The number of hydrogen-bond acceptors (Lipinski definition) is 4. The Kier molecular flexibility index (Phi) is 9.89. The fraction of sp³-hybridized carbons (Fsp3) is 0.516. The number of carbonyl (C=O) groups is 1. The van der Waals surface area contributed by atoms with Gasteiger partial charge in [-0.05, 0) is 99.8 Å². The lowest BCUT2D eigenvalue weighted by atomic mass is 9.82. The maximum absolute atomic E-state index is 15.0.